The fraction of sp³-hybridized carbons (Fsp3) is 0.750. The standard InChI is InChI=1S/C6H13.C2H5.2O.Ti/c1-3-5-6-4-2;1-2;;;/h1,3-6H2,2H3;1H2,2H3;;;/q2*-1;;;. The molecule has 0 aliphatic rings. The van der Waals surface area contributed by atoms with Crippen LogP contribution in [0.2, 0.25) is 0 Å². The van der Waals surface area contributed by atoms with Crippen LogP contribution in [0.3, 0.4) is 0 Å². The Hall–Kier alpha value is 0.314. The molecule has 0 atom stereocenters. The summed E-state index contributed by atoms with van der Waals surface area (Å²) in [5.74, 6) is 0. The first-order valence-electron chi connectivity index (χ1n) is 3.82. The molecule has 0 rings (SSSR count). The van der Waals surface area contributed by atoms with Gasteiger partial charge in [-0.25, -0.2) is 0 Å². The summed E-state index contributed by atoms with van der Waals surface area (Å²) in [6, 6.07) is 0. The van der Waals surface area contributed by atoms with E-state index in [1.165, 1.54) is 19.3 Å². The molecule has 0 spiro atoms. The van der Waals surface area contributed by atoms with Crippen molar-refractivity contribution >= 4 is 0 Å². The Kier molecular flexibility index (Phi) is 50.2. The van der Waals surface area contributed by atoms with Crippen molar-refractivity contribution in [3.63, 3.8) is 0 Å². The molecular formula is C8H18O2Ti-2. The second-order valence-corrected chi connectivity index (χ2v) is 1.90. The van der Waals surface area contributed by atoms with Crippen LogP contribution in [0.15, 0.2) is 0 Å². The van der Waals surface area contributed by atoms with Gasteiger partial charge in [-0.2, -0.15) is 13.3 Å². The Morgan fingerprint density at radius 1 is 1.18 bits per heavy atom. The summed E-state index contributed by atoms with van der Waals surface area (Å²) >= 11 is -2.00. The summed E-state index contributed by atoms with van der Waals surface area (Å²) in [5, 5.41) is 0. The first kappa shape index (κ1) is 17.4. The van der Waals surface area contributed by atoms with Gasteiger partial charge in [0, 0.05) is 0 Å². The SMILES string of the molecule is [CH2-]C.[CH2-]CCCCC.[O]=[Ti]=[O]. The van der Waals surface area contributed by atoms with Gasteiger partial charge in [0.2, 0.25) is 0 Å². The molecule has 0 amide bonds. The van der Waals surface area contributed by atoms with Crippen molar-refractivity contribution in [3.8, 4) is 0 Å². The van der Waals surface area contributed by atoms with Crippen LogP contribution in [0.4, 0.5) is 0 Å². The molecule has 0 aromatic heterocycles. The third kappa shape index (κ3) is 64.9. The predicted octanol–water partition coefficient (Wildman–Crippen LogP) is 3.00. The van der Waals surface area contributed by atoms with Gasteiger partial charge in [-0.15, -0.1) is 0 Å². The Balaban J connectivity index is -0.000000109. The van der Waals surface area contributed by atoms with Crippen LogP contribution in [0.25, 0.3) is 0 Å². The van der Waals surface area contributed by atoms with Crippen molar-refractivity contribution in [2.75, 3.05) is 0 Å². The van der Waals surface area contributed by atoms with E-state index in [1.54, 1.807) is 6.92 Å². The van der Waals surface area contributed by atoms with E-state index in [-0.39, 0.29) is 0 Å². The monoisotopic (exact) mass is 194 g/mol. The van der Waals surface area contributed by atoms with Gasteiger partial charge in [-0.3, -0.25) is 0 Å². The van der Waals surface area contributed by atoms with Crippen LogP contribution in [0.1, 0.15) is 39.5 Å². The summed E-state index contributed by atoms with van der Waals surface area (Å²) in [6.45, 7) is 10.9. The summed E-state index contributed by atoms with van der Waals surface area (Å²) in [5.41, 5.74) is 0. The molecule has 0 aliphatic heterocycles. The quantitative estimate of drug-likeness (QED) is 0.393. The molecule has 0 aromatic rings. The van der Waals surface area contributed by atoms with E-state index >= 15 is 0 Å². The first-order valence-corrected chi connectivity index (χ1v) is 5.10. The van der Waals surface area contributed by atoms with Gasteiger partial charge < -0.3 is 13.8 Å². The third-order valence-corrected chi connectivity index (χ3v) is 0.854. The van der Waals surface area contributed by atoms with Crippen molar-refractivity contribution in [1.29, 1.82) is 0 Å². The van der Waals surface area contributed by atoms with Crippen LogP contribution in [-0.4, -0.2) is 0 Å². The van der Waals surface area contributed by atoms with E-state index in [0.29, 0.717) is 0 Å². The zero-order chi connectivity index (χ0) is 9.54. The Morgan fingerprint density at radius 2 is 1.55 bits per heavy atom. The van der Waals surface area contributed by atoms with E-state index in [2.05, 4.69) is 20.8 Å². The molecule has 0 saturated carbocycles. The molecule has 2 nitrogen and oxygen atoms in total. The van der Waals surface area contributed by atoms with E-state index in [9.17, 15) is 0 Å². The Morgan fingerprint density at radius 3 is 1.64 bits per heavy atom. The van der Waals surface area contributed by atoms with E-state index < -0.39 is 19.1 Å². The summed E-state index contributed by atoms with van der Waals surface area (Å²) < 4.78 is 17.0. The summed E-state index contributed by atoms with van der Waals surface area (Å²) in [7, 11) is 0. The third-order valence-electron chi connectivity index (χ3n) is 0.854. The van der Waals surface area contributed by atoms with Gasteiger partial charge in [0.15, 0.2) is 0 Å². The topological polar surface area (TPSA) is 34.1 Å². The zero-order valence-corrected chi connectivity index (χ0v) is 9.12. The maximum absolute atomic E-state index is 8.50. The van der Waals surface area contributed by atoms with E-state index in [4.69, 9.17) is 6.65 Å². The molecule has 0 heterocycles. The molecule has 68 valence electrons. The second kappa shape index (κ2) is 31.7. The molecule has 0 unspecified atom stereocenters. The zero-order valence-electron chi connectivity index (χ0n) is 7.56. The molecule has 0 fully saturated rings. The molecule has 0 aliphatic carbocycles. The molecular weight excluding hydrogens is 176 g/mol. The number of hydrogen-bond donors (Lipinski definition) is 0. The summed E-state index contributed by atoms with van der Waals surface area (Å²) in [4.78, 5) is 0. The maximum atomic E-state index is 8.50. The molecule has 0 N–H and O–H groups in total. The number of hydrogen-bond acceptors (Lipinski definition) is 2. The fourth-order valence-electron chi connectivity index (χ4n) is 0.427. The molecule has 3 heteroatoms. The average Bonchev–Trinajstić information content (AvgIpc) is 2.06. The van der Waals surface area contributed by atoms with Crippen LogP contribution >= 0.6 is 0 Å². The minimum absolute atomic E-state index is 1.10. The van der Waals surface area contributed by atoms with Crippen molar-refractivity contribution in [2.45, 2.75) is 39.5 Å². The molecule has 0 radical (unpaired) electrons. The molecule has 0 aromatic carbocycles. The summed E-state index contributed by atoms with van der Waals surface area (Å²) in [6.07, 6.45) is 5.07. The predicted molar refractivity (Wildman–Crippen MR) is 41.9 cm³/mol. The van der Waals surface area contributed by atoms with Crippen molar-refractivity contribution < 1.29 is 25.7 Å². The van der Waals surface area contributed by atoms with Gasteiger partial charge in [-0.05, 0) is 0 Å². The normalized spacial score (nSPS) is 6.18. The average molecular weight is 194 g/mol. The van der Waals surface area contributed by atoms with Crippen LogP contribution in [-0.2, 0) is 25.7 Å². The Bertz CT molecular complexity index is 64.5. The molecule has 0 bridgehead atoms. The van der Waals surface area contributed by atoms with Crippen molar-refractivity contribution in [2.24, 2.45) is 0 Å². The van der Waals surface area contributed by atoms with Gasteiger partial charge in [0.1, 0.15) is 0 Å². The van der Waals surface area contributed by atoms with Gasteiger partial charge in [0.05, 0.1) is 0 Å². The van der Waals surface area contributed by atoms with Crippen LogP contribution in [0.5, 0.6) is 0 Å². The van der Waals surface area contributed by atoms with Gasteiger partial charge >= 0.3 is 25.7 Å². The van der Waals surface area contributed by atoms with Crippen LogP contribution in [0, 0.1) is 13.8 Å². The first-order chi connectivity index (χ1) is 5.33. The van der Waals surface area contributed by atoms with E-state index in [0.717, 1.165) is 6.42 Å². The minimum atomic E-state index is -2.00. The van der Waals surface area contributed by atoms with E-state index in [1.807, 2.05) is 0 Å². The van der Waals surface area contributed by atoms with Gasteiger partial charge in [0.25, 0.3) is 0 Å². The fourth-order valence-corrected chi connectivity index (χ4v) is 0.427. The molecule has 11 heavy (non-hydrogen) atoms. The molecule has 0 saturated heterocycles. The Labute approximate surface area is 79.3 Å². The second-order valence-electron chi connectivity index (χ2n) is 1.64. The van der Waals surface area contributed by atoms with Gasteiger partial charge in [-0.1, -0.05) is 26.2 Å². The number of rotatable bonds is 3. The van der Waals surface area contributed by atoms with Crippen molar-refractivity contribution in [1.82, 2.24) is 0 Å². The van der Waals surface area contributed by atoms with Crippen LogP contribution < -0.4 is 0 Å². The number of unbranched alkanes of at least 4 members (excludes halogenated alkanes) is 3. The van der Waals surface area contributed by atoms with Crippen molar-refractivity contribution in [3.05, 3.63) is 13.8 Å².